The van der Waals surface area contributed by atoms with Gasteiger partial charge in [-0.05, 0) is 44.4 Å². The number of nitrogens with zero attached hydrogens (tertiary/aromatic N) is 2. The van der Waals surface area contributed by atoms with Crippen molar-refractivity contribution in [3.05, 3.63) is 35.6 Å². The number of rotatable bonds is 6. The molecule has 0 heterocycles. The lowest BCUT2D eigenvalue weighted by Gasteiger charge is -2.27. The predicted molar refractivity (Wildman–Crippen MR) is 77.7 cm³/mol. The minimum atomic E-state index is -0.219. The summed E-state index contributed by atoms with van der Waals surface area (Å²) in [6.45, 7) is 5.06. The van der Waals surface area contributed by atoms with Crippen molar-refractivity contribution in [2.75, 3.05) is 13.6 Å². The molecule has 0 unspecified atom stereocenters. The lowest BCUT2D eigenvalue weighted by Crippen LogP contribution is -2.42. The quantitative estimate of drug-likeness (QED) is 0.798. The first-order chi connectivity index (χ1) is 9.47. The van der Waals surface area contributed by atoms with Crippen LogP contribution in [0.4, 0.5) is 4.39 Å². The van der Waals surface area contributed by atoms with E-state index in [1.165, 1.54) is 6.07 Å². The van der Waals surface area contributed by atoms with E-state index in [-0.39, 0.29) is 17.8 Å². The molecule has 20 heavy (non-hydrogen) atoms. The number of likely N-dealkylation sites (N-methyl/N-ethyl adjacent to an activating group) is 1. The summed E-state index contributed by atoms with van der Waals surface area (Å²) in [6.07, 6.45) is 2.27. The number of amides is 1. The van der Waals surface area contributed by atoms with E-state index < -0.39 is 0 Å². The maximum atomic E-state index is 13.2. The molecule has 0 N–H and O–H groups in total. The van der Waals surface area contributed by atoms with Gasteiger partial charge in [-0.3, -0.25) is 9.69 Å². The maximum absolute atomic E-state index is 13.2. The van der Waals surface area contributed by atoms with Gasteiger partial charge in [0.25, 0.3) is 0 Å². The van der Waals surface area contributed by atoms with Crippen molar-refractivity contribution in [2.24, 2.45) is 0 Å². The average molecular weight is 278 g/mol. The Morgan fingerprint density at radius 1 is 1.40 bits per heavy atom. The van der Waals surface area contributed by atoms with Gasteiger partial charge < -0.3 is 4.90 Å². The van der Waals surface area contributed by atoms with Crippen molar-refractivity contribution in [1.82, 2.24) is 9.80 Å². The number of benzene rings is 1. The second kappa shape index (κ2) is 6.35. The summed E-state index contributed by atoms with van der Waals surface area (Å²) >= 11 is 0. The Balaban J connectivity index is 1.99. The molecule has 1 aromatic carbocycles. The van der Waals surface area contributed by atoms with Crippen molar-refractivity contribution >= 4 is 5.91 Å². The van der Waals surface area contributed by atoms with Gasteiger partial charge in [-0.1, -0.05) is 12.1 Å². The summed E-state index contributed by atoms with van der Waals surface area (Å²) in [5, 5.41) is 0. The zero-order valence-electron chi connectivity index (χ0n) is 12.5. The molecule has 0 aromatic heterocycles. The molecule has 1 saturated carbocycles. The van der Waals surface area contributed by atoms with Gasteiger partial charge in [-0.25, -0.2) is 4.39 Å². The van der Waals surface area contributed by atoms with Crippen molar-refractivity contribution in [1.29, 1.82) is 0 Å². The average Bonchev–Trinajstić information content (AvgIpc) is 3.21. The van der Waals surface area contributed by atoms with Crippen LogP contribution >= 0.6 is 0 Å². The smallest absolute Gasteiger partial charge is 0.236 e. The van der Waals surface area contributed by atoms with Crippen molar-refractivity contribution in [3.63, 3.8) is 0 Å². The largest absolute Gasteiger partial charge is 0.342 e. The van der Waals surface area contributed by atoms with Gasteiger partial charge in [0.05, 0.1) is 6.54 Å². The standard InChI is InChI=1S/C16H23FN2O/c1-12(2)18(3)16(20)11-19(15-7-8-15)10-13-5-4-6-14(17)9-13/h4-6,9,12,15H,7-8,10-11H2,1-3H3. The highest BCUT2D eigenvalue weighted by Gasteiger charge is 2.31. The van der Waals surface area contributed by atoms with E-state index in [0.29, 0.717) is 19.1 Å². The third-order valence-corrected chi connectivity index (χ3v) is 3.84. The van der Waals surface area contributed by atoms with E-state index in [4.69, 9.17) is 0 Å². The van der Waals surface area contributed by atoms with E-state index in [2.05, 4.69) is 4.90 Å². The zero-order chi connectivity index (χ0) is 14.7. The van der Waals surface area contributed by atoms with Crippen LogP contribution in [0.3, 0.4) is 0 Å². The fourth-order valence-electron chi connectivity index (χ4n) is 2.20. The molecule has 4 heteroatoms. The number of hydrogen-bond donors (Lipinski definition) is 0. The highest BCUT2D eigenvalue weighted by atomic mass is 19.1. The molecule has 0 saturated heterocycles. The van der Waals surface area contributed by atoms with Crippen LogP contribution in [0.2, 0.25) is 0 Å². The molecule has 1 aromatic rings. The van der Waals surface area contributed by atoms with Crippen molar-refractivity contribution in [3.8, 4) is 0 Å². The molecule has 0 bridgehead atoms. The molecule has 2 rings (SSSR count). The monoisotopic (exact) mass is 278 g/mol. The molecule has 110 valence electrons. The van der Waals surface area contributed by atoms with Crippen LogP contribution in [-0.2, 0) is 11.3 Å². The molecule has 3 nitrogen and oxygen atoms in total. The molecule has 1 fully saturated rings. The molecule has 1 amide bonds. The molecule has 0 spiro atoms. The van der Waals surface area contributed by atoms with Gasteiger partial charge in [-0.2, -0.15) is 0 Å². The normalized spacial score (nSPS) is 14.9. The van der Waals surface area contributed by atoms with E-state index in [1.807, 2.05) is 27.0 Å². The van der Waals surface area contributed by atoms with Crippen molar-refractivity contribution < 1.29 is 9.18 Å². The Morgan fingerprint density at radius 2 is 2.10 bits per heavy atom. The molecule has 1 aliphatic rings. The van der Waals surface area contributed by atoms with Gasteiger partial charge in [-0.15, -0.1) is 0 Å². The van der Waals surface area contributed by atoms with E-state index >= 15 is 0 Å². The highest BCUT2D eigenvalue weighted by molar-refractivity contribution is 5.78. The second-order valence-corrected chi connectivity index (χ2v) is 5.86. The van der Waals surface area contributed by atoms with Crippen LogP contribution in [0.1, 0.15) is 32.3 Å². The van der Waals surface area contributed by atoms with Crippen LogP contribution < -0.4 is 0 Å². The van der Waals surface area contributed by atoms with E-state index in [1.54, 1.807) is 17.0 Å². The number of carbonyl (C=O) groups excluding carboxylic acids is 1. The van der Waals surface area contributed by atoms with Crippen LogP contribution in [0, 0.1) is 5.82 Å². The van der Waals surface area contributed by atoms with Gasteiger partial charge in [0.15, 0.2) is 0 Å². The number of carbonyl (C=O) groups is 1. The molecule has 0 atom stereocenters. The van der Waals surface area contributed by atoms with Crippen LogP contribution in [-0.4, -0.2) is 41.4 Å². The Bertz CT molecular complexity index is 471. The SMILES string of the molecule is CC(C)N(C)C(=O)CN(Cc1cccc(F)c1)C1CC1. The Morgan fingerprint density at radius 3 is 2.65 bits per heavy atom. The van der Waals surface area contributed by atoms with Crippen molar-refractivity contribution in [2.45, 2.75) is 45.3 Å². The van der Waals surface area contributed by atoms with Gasteiger partial charge in [0.2, 0.25) is 5.91 Å². The first kappa shape index (κ1) is 15.0. The highest BCUT2D eigenvalue weighted by Crippen LogP contribution is 2.28. The fourth-order valence-corrected chi connectivity index (χ4v) is 2.20. The zero-order valence-corrected chi connectivity index (χ0v) is 12.5. The first-order valence-corrected chi connectivity index (χ1v) is 7.21. The third kappa shape index (κ3) is 4.04. The minimum absolute atomic E-state index is 0.128. The Hall–Kier alpha value is -1.42. The van der Waals surface area contributed by atoms with Crippen LogP contribution in [0.15, 0.2) is 24.3 Å². The Labute approximate surface area is 120 Å². The summed E-state index contributed by atoms with van der Waals surface area (Å²) in [6, 6.07) is 7.31. The number of halogens is 1. The van der Waals surface area contributed by atoms with Crippen LogP contribution in [0.5, 0.6) is 0 Å². The molecule has 1 aliphatic carbocycles. The first-order valence-electron chi connectivity index (χ1n) is 7.21. The predicted octanol–water partition coefficient (Wildman–Crippen LogP) is 2.66. The molecule has 0 radical (unpaired) electrons. The summed E-state index contributed by atoms with van der Waals surface area (Å²) in [4.78, 5) is 16.1. The third-order valence-electron chi connectivity index (χ3n) is 3.84. The minimum Gasteiger partial charge on any atom is -0.342 e. The van der Waals surface area contributed by atoms with Gasteiger partial charge in [0.1, 0.15) is 5.82 Å². The summed E-state index contributed by atoms with van der Waals surface area (Å²) in [5.74, 6) is -0.0906. The van der Waals surface area contributed by atoms with E-state index in [0.717, 1.165) is 18.4 Å². The fraction of sp³-hybridized carbons (Fsp3) is 0.562. The lowest BCUT2D eigenvalue weighted by molar-refractivity contribution is -0.132. The van der Waals surface area contributed by atoms with Crippen LogP contribution in [0.25, 0.3) is 0 Å². The summed E-state index contributed by atoms with van der Waals surface area (Å²) in [7, 11) is 1.83. The Kier molecular flexibility index (Phi) is 4.76. The topological polar surface area (TPSA) is 23.6 Å². The lowest BCUT2D eigenvalue weighted by atomic mass is 10.2. The maximum Gasteiger partial charge on any atom is 0.236 e. The molecular weight excluding hydrogens is 255 g/mol. The van der Waals surface area contributed by atoms with Gasteiger partial charge >= 0.3 is 0 Å². The summed E-state index contributed by atoms with van der Waals surface area (Å²) in [5.41, 5.74) is 0.928. The second-order valence-electron chi connectivity index (χ2n) is 5.86. The molecule has 0 aliphatic heterocycles. The number of hydrogen-bond acceptors (Lipinski definition) is 2. The molecular formula is C16H23FN2O. The van der Waals surface area contributed by atoms with E-state index in [9.17, 15) is 9.18 Å². The summed E-state index contributed by atoms with van der Waals surface area (Å²) < 4.78 is 13.2. The van der Waals surface area contributed by atoms with Gasteiger partial charge in [0, 0.05) is 25.7 Å².